The SMILES string of the molecule is CCOCC(C)(N)c1noc(-c2coc3ccccc23)n1. The molecule has 2 N–H and O–H groups in total. The highest BCUT2D eigenvalue weighted by Crippen LogP contribution is 2.30. The quantitative estimate of drug-likeness (QED) is 0.776. The van der Waals surface area contributed by atoms with Crippen molar-refractivity contribution in [3.8, 4) is 11.5 Å². The molecule has 2 aromatic heterocycles. The maximum absolute atomic E-state index is 6.17. The van der Waals surface area contributed by atoms with Crippen LogP contribution in [0.3, 0.4) is 0 Å². The first-order valence-electron chi connectivity index (χ1n) is 6.79. The van der Waals surface area contributed by atoms with E-state index in [1.165, 1.54) is 0 Å². The molecular formula is C15H17N3O3. The maximum atomic E-state index is 6.17. The van der Waals surface area contributed by atoms with Gasteiger partial charge >= 0.3 is 0 Å². The van der Waals surface area contributed by atoms with Crippen molar-refractivity contribution < 1.29 is 13.7 Å². The Morgan fingerprint density at radius 2 is 2.14 bits per heavy atom. The van der Waals surface area contributed by atoms with Crippen LogP contribution in [0.5, 0.6) is 0 Å². The van der Waals surface area contributed by atoms with Gasteiger partial charge < -0.3 is 19.4 Å². The predicted octanol–water partition coefficient (Wildman–Crippen LogP) is 2.69. The molecule has 1 aromatic carbocycles. The van der Waals surface area contributed by atoms with E-state index in [0.717, 1.165) is 16.5 Å². The van der Waals surface area contributed by atoms with Gasteiger partial charge in [0.1, 0.15) is 17.4 Å². The lowest BCUT2D eigenvalue weighted by molar-refractivity contribution is 0.0962. The molecule has 0 radical (unpaired) electrons. The summed E-state index contributed by atoms with van der Waals surface area (Å²) >= 11 is 0. The Labute approximate surface area is 121 Å². The fraction of sp³-hybridized carbons (Fsp3) is 0.333. The van der Waals surface area contributed by atoms with E-state index < -0.39 is 5.54 Å². The Hall–Kier alpha value is -2.18. The molecule has 6 nitrogen and oxygen atoms in total. The van der Waals surface area contributed by atoms with E-state index in [1.54, 1.807) is 6.26 Å². The molecule has 21 heavy (non-hydrogen) atoms. The van der Waals surface area contributed by atoms with Crippen molar-refractivity contribution in [1.29, 1.82) is 0 Å². The van der Waals surface area contributed by atoms with Gasteiger partial charge in [-0.15, -0.1) is 0 Å². The standard InChI is InChI=1S/C15H17N3O3/c1-3-19-9-15(2,16)14-17-13(21-18-14)11-8-20-12-7-5-4-6-10(11)12/h4-8H,3,9,16H2,1-2H3. The summed E-state index contributed by atoms with van der Waals surface area (Å²) in [5.74, 6) is 0.805. The summed E-state index contributed by atoms with van der Waals surface area (Å²) in [6, 6.07) is 7.67. The first kappa shape index (κ1) is 13.8. The second-order valence-corrected chi connectivity index (χ2v) is 5.12. The van der Waals surface area contributed by atoms with Crippen LogP contribution in [0.2, 0.25) is 0 Å². The van der Waals surface area contributed by atoms with Crippen LogP contribution in [0.25, 0.3) is 22.4 Å². The Kier molecular flexibility index (Phi) is 3.48. The highest BCUT2D eigenvalue weighted by Gasteiger charge is 2.28. The minimum absolute atomic E-state index is 0.328. The van der Waals surface area contributed by atoms with Gasteiger partial charge in [0.2, 0.25) is 0 Å². The Balaban J connectivity index is 1.95. The normalized spacial score (nSPS) is 14.4. The van der Waals surface area contributed by atoms with Crippen LogP contribution in [-0.2, 0) is 10.3 Å². The molecule has 6 heteroatoms. The van der Waals surface area contributed by atoms with Gasteiger partial charge in [0.15, 0.2) is 5.82 Å². The van der Waals surface area contributed by atoms with Crippen LogP contribution in [0, 0.1) is 0 Å². The zero-order valence-corrected chi connectivity index (χ0v) is 12.0. The zero-order chi connectivity index (χ0) is 14.9. The van der Waals surface area contributed by atoms with E-state index in [1.807, 2.05) is 38.1 Å². The van der Waals surface area contributed by atoms with E-state index in [9.17, 15) is 0 Å². The molecule has 0 saturated carbocycles. The number of rotatable bonds is 5. The van der Waals surface area contributed by atoms with Crippen molar-refractivity contribution in [2.24, 2.45) is 5.73 Å². The zero-order valence-electron chi connectivity index (χ0n) is 12.0. The van der Waals surface area contributed by atoms with E-state index in [2.05, 4.69) is 10.1 Å². The predicted molar refractivity (Wildman–Crippen MR) is 77.5 cm³/mol. The number of para-hydroxylation sites is 1. The van der Waals surface area contributed by atoms with Crippen molar-refractivity contribution in [2.45, 2.75) is 19.4 Å². The molecular weight excluding hydrogens is 270 g/mol. The smallest absolute Gasteiger partial charge is 0.261 e. The average Bonchev–Trinajstić information content (AvgIpc) is 3.11. The number of benzene rings is 1. The molecule has 0 amide bonds. The minimum Gasteiger partial charge on any atom is -0.463 e. The molecule has 110 valence electrons. The van der Waals surface area contributed by atoms with Crippen molar-refractivity contribution in [1.82, 2.24) is 10.1 Å². The van der Waals surface area contributed by atoms with Gasteiger partial charge in [0, 0.05) is 12.0 Å². The number of fused-ring (bicyclic) bond motifs is 1. The summed E-state index contributed by atoms with van der Waals surface area (Å²) in [5.41, 5.74) is 6.91. The summed E-state index contributed by atoms with van der Waals surface area (Å²) in [6.45, 7) is 4.64. The number of aromatic nitrogens is 2. The highest BCUT2D eigenvalue weighted by atomic mass is 16.5. The summed E-state index contributed by atoms with van der Waals surface area (Å²) in [4.78, 5) is 4.38. The van der Waals surface area contributed by atoms with E-state index in [0.29, 0.717) is 24.9 Å². The summed E-state index contributed by atoms with van der Waals surface area (Å²) < 4.78 is 16.2. The van der Waals surface area contributed by atoms with Gasteiger partial charge in [-0.3, -0.25) is 0 Å². The molecule has 0 aliphatic carbocycles. The second kappa shape index (κ2) is 5.31. The number of hydrogen-bond acceptors (Lipinski definition) is 6. The lowest BCUT2D eigenvalue weighted by Crippen LogP contribution is -2.39. The van der Waals surface area contributed by atoms with Crippen LogP contribution in [-0.4, -0.2) is 23.4 Å². The first-order valence-corrected chi connectivity index (χ1v) is 6.79. The molecule has 3 rings (SSSR count). The monoisotopic (exact) mass is 287 g/mol. The molecule has 1 unspecified atom stereocenters. The number of ether oxygens (including phenoxy) is 1. The molecule has 3 aromatic rings. The van der Waals surface area contributed by atoms with Crippen LogP contribution in [0.15, 0.2) is 39.5 Å². The third kappa shape index (κ3) is 2.55. The van der Waals surface area contributed by atoms with Crippen molar-refractivity contribution in [3.05, 3.63) is 36.4 Å². The Morgan fingerprint density at radius 1 is 1.33 bits per heavy atom. The molecule has 0 aliphatic rings. The van der Waals surface area contributed by atoms with Crippen molar-refractivity contribution in [2.75, 3.05) is 13.2 Å². The molecule has 0 spiro atoms. The van der Waals surface area contributed by atoms with Gasteiger partial charge in [0.05, 0.1) is 12.2 Å². The van der Waals surface area contributed by atoms with Gasteiger partial charge in [-0.05, 0) is 19.9 Å². The summed E-state index contributed by atoms with van der Waals surface area (Å²) in [7, 11) is 0. The summed E-state index contributed by atoms with van der Waals surface area (Å²) in [6.07, 6.45) is 1.61. The van der Waals surface area contributed by atoms with Gasteiger partial charge in [-0.25, -0.2) is 0 Å². The lowest BCUT2D eigenvalue weighted by Gasteiger charge is -2.19. The first-order chi connectivity index (χ1) is 10.1. The van der Waals surface area contributed by atoms with Crippen molar-refractivity contribution >= 4 is 11.0 Å². The molecule has 0 fully saturated rings. The van der Waals surface area contributed by atoms with Crippen LogP contribution in [0.4, 0.5) is 0 Å². The topological polar surface area (TPSA) is 87.3 Å². The number of furan rings is 1. The average molecular weight is 287 g/mol. The van der Waals surface area contributed by atoms with E-state index in [-0.39, 0.29) is 0 Å². The third-order valence-corrected chi connectivity index (χ3v) is 3.25. The second-order valence-electron chi connectivity index (χ2n) is 5.12. The van der Waals surface area contributed by atoms with Gasteiger partial charge in [0.25, 0.3) is 5.89 Å². The maximum Gasteiger partial charge on any atom is 0.261 e. The van der Waals surface area contributed by atoms with E-state index >= 15 is 0 Å². The number of nitrogens with two attached hydrogens (primary N) is 1. The van der Waals surface area contributed by atoms with Crippen LogP contribution in [0.1, 0.15) is 19.7 Å². The minimum atomic E-state index is -0.794. The largest absolute Gasteiger partial charge is 0.463 e. The number of hydrogen-bond donors (Lipinski definition) is 1. The molecule has 2 heterocycles. The third-order valence-electron chi connectivity index (χ3n) is 3.25. The van der Waals surface area contributed by atoms with Gasteiger partial charge in [-0.2, -0.15) is 4.98 Å². The molecule has 0 aliphatic heterocycles. The number of nitrogens with zero attached hydrogens (tertiary/aromatic N) is 2. The molecule has 0 saturated heterocycles. The highest BCUT2D eigenvalue weighted by molar-refractivity contribution is 5.91. The molecule has 1 atom stereocenters. The lowest BCUT2D eigenvalue weighted by atomic mass is 10.1. The Bertz CT molecular complexity index is 745. The fourth-order valence-electron chi connectivity index (χ4n) is 2.09. The van der Waals surface area contributed by atoms with Crippen molar-refractivity contribution in [3.63, 3.8) is 0 Å². The molecule has 0 bridgehead atoms. The van der Waals surface area contributed by atoms with Gasteiger partial charge in [-0.1, -0.05) is 23.4 Å². The summed E-state index contributed by atoms with van der Waals surface area (Å²) in [5, 5.41) is 4.90. The Morgan fingerprint density at radius 3 is 2.95 bits per heavy atom. The fourth-order valence-corrected chi connectivity index (χ4v) is 2.09. The van der Waals surface area contributed by atoms with Crippen LogP contribution >= 0.6 is 0 Å². The van der Waals surface area contributed by atoms with Crippen LogP contribution < -0.4 is 5.73 Å². The van der Waals surface area contributed by atoms with E-state index in [4.69, 9.17) is 19.4 Å².